The number of halogens is 1. The van der Waals surface area contributed by atoms with E-state index in [0.29, 0.717) is 17.3 Å². The SMILES string of the molecule is Nc1c(NCCc2ccc(Cl)cc2)cccc1C(=O)O. The third-order valence-corrected chi connectivity index (χ3v) is 3.23. The molecule has 0 spiro atoms. The van der Waals surface area contributed by atoms with Crippen molar-refractivity contribution in [1.82, 2.24) is 0 Å². The number of anilines is 2. The summed E-state index contributed by atoms with van der Waals surface area (Å²) in [7, 11) is 0. The Morgan fingerprint density at radius 3 is 2.55 bits per heavy atom. The van der Waals surface area contributed by atoms with E-state index >= 15 is 0 Å². The highest BCUT2D eigenvalue weighted by atomic mass is 35.5. The zero-order valence-corrected chi connectivity index (χ0v) is 11.5. The maximum Gasteiger partial charge on any atom is 0.337 e. The first kappa shape index (κ1) is 14.2. The minimum atomic E-state index is -1.02. The van der Waals surface area contributed by atoms with Crippen LogP contribution in [0.1, 0.15) is 15.9 Å². The van der Waals surface area contributed by atoms with Gasteiger partial charge in [-0.3, -0.25) is 0 Å². The van der Waals surface area contributed by atoms with Crippen LogP contribution in [0.2, 0.25) is 5.02 Å². The molecule has 0 aliphatic heterocycles. The van der Waals surface area contributed by atoms with Crippen LogP contribution in [0.25, 0.3) is 0 Å². The molecule has 0 saturated carbocycles. The predicted molar refractivity (Wildman–Crippen MR) is 81.5 cm³/mol. The van der Waals surface area contributed by atoms with Gasteiger partial charge in [-0.05, 0) is 36.2 Å². The normalized spacial score (nSPS) is 10.2. The van der Waals surface area contributed by atoms with Crippen LogP contribution in [0.3, 0.4) is 0 Å². The number of nitrogens with two attached hydrogens (primary N) is 1. The summed E-state index contributed by atoms with van der Waals surface area (Å²) in [6, 6.07) is 12.5. The van der Waals surface area contributed by atoms with Crippen molar-refractivity contribution >= 4 is 28.9 Å². The summed E-state index contributed by atoms with van der Waals surface area (Å²) in [4.78, 5) is 11.0. The Labute approximate surface area is 122 Å². The lowest BCUT2D eigenvalue weighted by atomic mass is 10.1. The van der Waals surface area contributed by atoms with Gasteiger partial charge in [0.05, 0.1) is 16.9 Å². The van der Waals surface area contributed by atoms with Crippen molar-refractivity contribution in [2.45, 2.75) is 6.42 Å². The van der Waals surface area contributed by atoms with Crippen molar-refractivity contribution < 1.29 is 9.90 Å². The van der Waals surface area contributed by atoms with E-state index in [2.05, 4.69) is 5.32 Å². The Kier molecular flexibility index (Phi) is 4.48. The molecule has 20 heavy (non-hydrogen) atoms. The number of nitrogens with one attached hydrogen (secondary N) is 1. The highest BCUT2D eigenvalue weighted by molar-refractivity contribution is 6.30. The summed E-state index contributed by atoms with van der Waals surface area (Å²) in [5, 5.41) is 12.9. The van der Waals surface area contributed by atoms with Gasteiger partial charge in [0.2, 0.25) is 0 Å². The number of benzene rings is 2. The van der Waals surface area contributed by atoms with Gasteiger partial charge < -0.3 is 16.2 Å². The van der Waals surface area contributed by atoms with Crippen molar-refractivity contribution in [1.29, 1.82) is 0 Å². The number of carboxylic acid groups (broad SMARTS) is 1. The molecule has 2 aromatic carbocycles. The Balaban J connectivity index is 1.99. The molecule has 0 unspecified atom stereocenters. The number of carbonyl (C=O) groups is 1. The molecule has 4 nitrogen and oxygen atoms in total. The maximum absolute atomic E-state index is 11.0. The lowest BCUT2D eigenvalue weighted by Gasteiger charge is -2.11. The van der Waals surface area contributed by atoms with Crippen molar-refractivity contribution in [3.8, 4) is 0 Å². The summed E-state index contributed by atoms with van der Waals surface area (Å²) in [6.07, 6.45) is 0.800. The highest BCUT2D eigenvalue weighted by Gasteiger charge is 2.10. The first-order valence-electron chi connectivity index (χ1n) is 6.18. The Bertz CT molecular complexity index is 612. The van der Waals surface area contributed by atoms with Gasteiger partial charge in [0.1, 0.15) is 0 Å². The Morgan fingerprint density at radius 2 is 1.90 bits per heavy atom. The molecule has 0 amide bonds. The maximum atomic E-state index is 11.0. The minimum Gasteiger partial charge on any atom is -0.478 e. The average molecular weight is 291 g/mol. The van der Waals surface area contributed by atoms with E-state index in [4.69, 9.17) is 22.4 Å². The van der Waals surface area contributed by atoms with Crippen LogP contribution >= 0.6 is 11.6 Å². The molecule has 0 bridgehead atoms. The van der Waals surface area contributed by atoms with Gasteiger partial charge >= 0.3 is 5.97 Å². The van der Waals surface area contributed by atoms with Crippen molar-refractivity contribution in [2.24, 2.45) is 0 Å². The molecule has 5 heteroatoms. The molecular weight excluding hydrogens is 276 g/mol. The van der Waals surface area contributed by atoms with E-state index in [-0.39, 0.29) is 11.3 Å². The fourth-order valence-electron chi connectivity index (χ4n) is 1.90. The lowest BCUT2D eigenvalue weighted by molar-refractivity contribution is 0.0698. The second-order valence-electron chi connectivity index (χ2n) is 4.38. The molecule has 0 atom stereocenters. The zero-order valence-electron chi connectivity index (χ0n) is 10.8. The van der Waals surface area contributed by atoms with E-state index in [9.17, 15) is 4.79 Å². The van der Waals surface area contributed by atoms with Crippen LogP contribution in [0.15, 0.2) is 42.5 Å². The number of rotatable bonds is 5. The van der Waals surface area contributed by atoms with Crippen LogP contribution in [0.5, 0.6) is 0 Å². The topological polar surface area (TPSA) is 75.3 Å². The smallest absolute Gasteiger partial charge is 0.337 e. The van der Waals surface area contributed by atoms with Crippen molar-refractivity contribution in [3.05, 3.63) is 58.6 Å². The zero-order chi connectivity index (χ0) is 14.5. The van der Waals surface area contributed by atoms with Gasteiger partial charge in [-0.15, -0.1) is 0 Å². The average Bonchev–Trinajstić information content (AvgIpc) is 2.42. The van der Waals surface area contributed by atoms with Crippen LogP contribution in [0.4, 0.5) is 11.4 Å². The number of para-hydroxylation sites is 1. The lowest BCUT2D eigenvalue weighted by Crippen LogP contribution is -2.10. The van der Waals surface area contributed by atoms with Gasteiger partial charge in [-0.1, -0.05) is 29.8 Å². The number of nitrogen functional groups attached to an aromatic ring is 1. The highest BCUT2D eigenvalue weighted by Crippen LogP contribution is 2.22. The number of hydrogen-bond acceptors (Lipinski definition) is 3. The first-order valence-corrected chi connectivity index (χ1v) is 6.56. The molecule has 0 radical (unpaired) electrons. The summed E-state index contributed by atoms with van der Waals surface area (Å²) in [5.41, 5.74) is 7.98. The summed E-state index contributed by atoms with van der Waals surface area (Å²) >= 11 is 5.82. The van der Waals surface area contributed by atoms with E-state index in [1.54, 1.807) is 12.1 Å². The molecule has 0 aliphatic rings. The van der Waals surface area contributed by atoms with Crippen LogP contribution in [-0.4, -0.2) is 17.6 Å². The van der Waals surface area contributed by atoms with Gasteiger partial charge in [0, 0.05) is 11.6 Å². The molecule has 0 saturated heterocycles. The van der Waals surface area contributed by atoms with Gasteiger partial charge in [-0.25, -0.2) is 4.79 Å². The van der Waals surface area contributed by atoms with Gasteiger partial charge in [0.15, 0.2) is 0 Å². The largest absolute Gasteiger partial charge is 0.478 e. The third kappa shape index (κ3) is 3.42. The standard InChI is InChI=1S/C15H15ClN2O2/c16-11-6-4-10(5-7-11)8-9-18-13-3-1-2-12(14(13)17)15(19)20/h1-7,18H,8-9,17H2,(H,19,20). The third-order valence-electron chi connectivity index (χ3n) is 2.98. The summed E-state index contributed by atoms with van der Waals surface area (Å²) in [5.74, 6) is -1.02. The predicted octanol–water partition coefficient (Wildman–Crippen LogP) is 3.28. The quantitative estimate of drug-likeness (QED) is 0.739. The van der Waals surface area contributed by atoms with Crippen LogP contribution < -0.4 is 11.1 Å². The minimum absolute atomic E-state index is 0.112. The first-order chi connectivity index (χ1) is 9.58. The van der Waals surface area contributed by atoms with Crippen LogP contribution in [0, 0.1) is 0 Å². The van der Waals surface area contributed by atoms with Crippen LogP contribution in [-0.2, 0) is 6.42 Å². The second-order valence-corrected chi connectivity index (χ2v) is 4.81. The molecule has 104 valence electrons. The van der Waals surface area contributed by atoms with E-state index in [1.165, 1.54) is 6.07 Å². The van der Waals surface area contributed by atoms with Gasteiger partial charge in [-0.2, -0.15) is 0 Å². The molecule has 4 N–H and O–H groups in total. The van der Waals surface area contributed by atoms with E-state index < -0.39 is 5.97 Å². The molecule has 0 aromatic heterocycles. The molecule has 0 heterocycles. The molecule has 2 aromatic rings. The Hall–Kier alpha value is -2.20. The van der Waals surface area contributed by atoms with E-state index in [1.807, 2.05) is 24.3 Å². The molecule has 0 aliphatic carbocycles. The summed E-state index contributed by atoms with van der Waals surface area (Å²) in [6.45, 7) is 0.662. The second kappa shape index (κ2) is 6.30. The van der Waals surface area contributed by atoms with Crippen molar-refractivity contribution in [2.75, 3.05) is 17.6 Å². The summed E-state index contributed by atoms with van der Waals surface area (Å²) < 4.78 is 0. The number of hydrogen-bond donors (Lipinski definition) is 3. The number of aromatic carboxylic acids is 1. The molecular formula is C15H15ClN2O2. The van der Waals surface area contributed by atoms with Crippen molar-refractivity contribution in [3.63, 3.8) is 0 Å². The Morgan fingerprint density at radius 1 is 1.20 bits per heavy atom. The monoisotopic (exact) mass is 290 g/mol. The molecule has 2 rings (SSSR count). The van der Waals surface area contributed by atoms with E-state index in [0.717, 1.165) is 12.0 Å². The fourth-order valence-corrected chi connectivity index (χ4v) is 2.02. The molecule has 0 fully saturated rings. The van der Waals surface area contributed by atoms with Gasteiger partial charge in [0.25, 0.3) is 0 Å². The fraction of sp³-hybridized carbons (Fsp3) is 0.133. The number of carboxylic acids is 1.